The Balaban J connectivity index is 1.82. The SMILES string of the molecule is CC1=CC(Nc2nc(C(F)(F)c3ccc(F)cc3)nc3ccccc23)=NC1. The lowest BCUT2D eigenvalue weighted by atomic mass is 10.1. The summed E-state index contributed by atoms with van der Waals surface area (Å²) in [5, 5.41) is 3.62. The molecule has 2 aromatic carbocycles. The number of anilines is 1. The topological polar surface area (TPSA) is 50.2 Å². The van der Waals surface area contributed by atoms with E-state index in [4.69, 9.17) is 0 Å². The average Bonchev–Trinajstić information content (AvgIpc) is 3.07. The zero-order valence-corrected chi connectivity index (χ0v) is 14.4. The van der Waals surface area contributed by atoms with Crippen LogP contribution in [0.3, 0.4) is 0 Å². The molecule has 27 heavy (non-hydrogen) atoms. The van der Waals surface area contributed by atoms with Crippen molar-refractivity contribution in [1.29, 1.82) is 0 Å². The number of hydrogen-bond acceptors (Lipinski definition) is 4. The summed E-state index contributed by atoms with van der Waals surface area (Å²) in [5.74, 6) is -3.90. The molecule has 4 rings (SSSR count). The van der Waals surface area contributed by atoms with Crippen LogP contribution >= 0.6 is 0 Å². The molecular weight excluding hydrogens is 353 g/mol. The lowest BCUT2D eigenvalue weighted by Crippen LogP contribution is -2.21. The summed E-state index contributed by atoms with van der Waals surface area (Å²) in [6.07, 6.45) is 1.84. The highest BCUT2D eigenvalue weighted by Crippen LogP contribution is 2.35. The van der Waals surface area contributed by atoms with Gasteiger partial charge < -0.3 is 5.32 Å². The van der Waals surface area contributed by atoms with Crippen molar-refractivity contribution in [3.8, 4) is 0 Å². The van der Waals surface area contributed by atoms with Crippen LogP contribution in [0.5, 0.6) is 0 Å². The van der Waals surface area contributed by atoms with Crippen LogP contribution in [0.4, 0.5) is 19.0 Å². The number of amidine groups is 1. The van der Waals surface area contributed by atoms with Gasteiger partial charge in [-0.25, -0.2) is 14.4 Å². The van der Waals surface area contributed by atoms with Gasteiger partial charge in [0, 0.05) is 10.9 Å². The second-order valence-corrected chi connectivity index (χ2v) is 6.31. The predicted molar refractivity (Wildman–Crippen MR) is 98.6 cm³/mol. The Morgan fingerprint density at radius 2 is 1.74 bits per heavy atom. The Bertz CT molecular complexity index is 1070. The van der Waals surface area contributed by atoms with Gasteiger partial charge in [-0.15, -0.1) is 0 Å². The van der Waals surface area contributed by atoms with Crippen LogP contribution in [0.25, 0.3) is 10.9 Å². The first-order chi connectivity index (χ1) is 12.9. The highest BCUT2D eigenvalue weighted by Gasteiger charge is 2.38. The van der Waals surface area contributed by atoms with Crippen LogP contribution in [0.2, 0.25) is 0 Å². The van der Waals surface area contributed by atoms with Gasteiger partial charge in [-0.05, 0) is 55.0 Å². The molecule has 1 N–H and O–H groups in total. The quantitative estimate of drug-likeness (QED) is 0.730. The highest BCUT2D eigenvalue weighted by atomic mass is 19.3. The smallest absolute Gasteiger partial charge is 0.325 e. The minimum atomic E-state index is -3.47. The number of nitrogens with one attached hydrogen (secondary N) is 1. The molecule has 136 valence electrons. The molecule has 0 spiro atoms. The standard InChI is InChI=1S/C20H15F3N4/c1-12-10-17(24-11-12)26-18-15-4-2-3-5-16(15)25-19(27-18)20(22,23)13-6-8-14(21)9-7-13/h2-10H,11H2,1H3,(H,24,25,26,27). The third-order valence-corrected chi connectivity index (χ3v) is 4.22. The number of halogens is 3. The van der Waals surface area contributed by atoms with Crippen molar-refractivity contribution in [2.24, 2.45) is 4.99 Å². The Kier molecular flexibility index (Phi) is 4.14. The minimum Gasteiger partial charge on any atom is -0.325 e. The van der Waals surface area contributed by atoms with Gasteiger partial charge in [-0.1, -0.05) is 12.1 Å². The van der Waals surface area contributed by atoms with Gasteiger partial charge in [0.05, 0.1) is 12.1 Å². The van der Waals surface area contributed by atoms with Gasteiger partial charge in [0.2, 0.25) is 5.82 Å². The number of benzene rings is 2. The van der Waals surface area contributed by atoms with Crippen LogP contribution in [0.1, 0.15) is 18.3 Å². The van der Waals surface area contributed by atoms with E-state index in [1.807, 2.05) is 13.0 Å². The van der Waals surface area contributed by atoms with Crippen LogP contribution in [0, 0.1) is 5.82 Å². The summed E-state index contributed by atoms with van der Waals surface area (Å²) in [6.45, 7) is 2.49. The molecule has 3 aromatic rings. The zero-order chi connectivity index (χ0) is 19.0. The summed E-state index contributed by atoms with van der Waals surface area (Å²) < 4.78 is 43.1. The number of alkyl halides is 2. The first-order valence-electron chi connectivity index (χ1n) is 8.33. The molecule has 2 heterocycles. The van der Waals surface area contributed by atoms with E-state index in [1.54, 1.807) is 24.3 Å². The Hall–Kier alpha value is -3.22. The summed E-state index contributed by atoms with van der Waals surface area (Å²) in [7, 11) is 0. The Morgan fingerprint density at radius 3 is 2.44 bits per heavy atom. The lowest BCUT2D eigenvalue weighted by Gasteiger charge is -2.17. The van der Waals surface area contributed by atoms with Crippen molar-refractivity contribution in [1.82, 2.24) is 9.97 Å². The molecule has 1 aliphatic heterocycles. The number of fused-ring (bicyclic) bond motifs is 1. The van der Waals surface area contributed by atoms with Gasteiger partial charge in [-0.2, -0.15) is 8.78 Å². The van der Waals surface area contributed by atoms with Gasteiger partial charge in [-0.3, -0.25) is 4.99 Å². The van der Waals surface area contributed by atoms with Crippen LogP contribution in [-0.4, -0.2) is 22.3 Å². The molecule has 7 heteroatoms. The monoisotopic (exact) mass is 368 g/mol. The van der Waals surface area contributed by atoms with Crippen LogP contribution in [0.15, 0.2) is 65.2 Å². The van der Waals surface area contributed by atoms with Gasteiger partial charge in [0.1, 0.15) is 17.5 Å². The van der Waals surface area contributed by atoms with Gasteiger partial charge in [0.15, 0.2) is 0 Å². The predicted octanol–water partition coefficient (Wildman–Crippen LogP) is 4.68. The van der Waals surface area contributed by atoms with Crippen molar-refractivity contribution in [3.05, 3.63) is 77.4 Å². The molecule has 4 nitrogen and oxygen atoms in total. The van der Waals surface area contributed by atoms with Crippen LogP contribution in [-0.2, 0) is 5.92 Å². The van der Waals surface area contributed by atoms with Crippen molar-refractivity contribution >= 4 is 22.6 Å². The third kappa shape index (κ3) is 3.28. The summed E-state index contributed by atoms with van der Waals surface area (Å²) in [5.41, 5.74) is 1.07. The average molecular weight is 368 g/mol. The van der Waals surface area contributed by atoms with E-state index in [0.29, 0.717) is 23.3 Å². The van der Waals surface area contributed by atoms with E-state index in [2.05, 4.69) is 20.3 Å². The second kappa shape index (κ2) is 6.50. The maximum absolute atomic E-state index is 15.0. The summed E-state index contributed by atoms with van der Waals surface area (Å²) in [4.78, 5) is 12.4. The molecule has 0 radical (unpaired) electrons. The van der Waals surface area contributed by atoms with E-state index >= 15 is 0 Å². The first kappa shape index (κ1) is 17.2. The fourth-order valence-corrected chi connectivity index (χ4v) is 2.83. The Labute approximate surface area is 153 Å². The molecule has 0 saturated carbocycles. The number of nitrogens with zero attached hydrogens (tertiary/aromatic N) is 3. The van der Waals surface area contributed by atoms with E-state index in [0.717, 1.165) is 29.8 Å². The molecule has 1 aromatic heterocycles. The fourth-order valence-electron chi connectivity index (χ4n) is 2.83. The van der Waals surface area contributed by atoms with Gasteiger partial charge in [0.25, 0.3) is 0 Å². The number of rotatable bonds is 3. The molecule has 0 fully saturated rings. The first-order valence-corrected chi connectivity index (χ1v) is 8.33. The van der Waals surface area contributed by atoms with E-state index in [-0.39, 0.29) is 11.4 Å². The molecule has 1 aliphatic rings. The lowest BCUT2D eigenvalue weighted by molar-refractivity contribution is 0.0333. The zero-order valence-electron chi connectivity index (χ0n) is 14.4. The third-order valence-electron chi connectivity index (χ3n) is 4.22. The molecule has 0 amide bonds. The molecule has 0 saturated heterocycles. The van der Waals surface area contributed by atoms with E-state index in [9.17, 15) is 13.2 Å². The summed E-state index contributed by atoms with van der Waals surface area (Å²) in [6, 6.07) is 11.0. The summed E-state index contributed by atoms with van der Waals surface area (Å²) >= 11 is 0. The maximum atomic E-state index is 15.0. The van der Waals surface area contributed by atoms with E-state index in [1.165, 1.54) is 0 Å². The van der Waals surface area contributed by atoms with Crippen molar-refractivity contribution in [2.75, 3.05) is 11.9 Å². The highest BCUT2D eigenvalue weighted by molar-refractivity contribution is 6.08. The molecular formula is C20H15F3N4. The molecule has 0 unspecified atom stereocenters. The number of para-hydroxylation sites is 1. The van der Waals surface area contributed by atoms with Crippen LogP contribution < -0.4 is 5.32 Å². The molecule has 0 atom stereocenters. The van der Waals surface area contributed by atoms with Crippen molar-refractivity contribution < 1.29 is 13.2 Å². The fraction of sp³-hybridized carbons (Fsp3) is 0.150. The van der Waals surface area contributed by atoms with Gasteiger partial charge >= 0.3 is 5.92 Å². The Morgan fingerprint density at radius 1 is 1.00 bits per heavy atom. The molecule has 0 bridgehead atoms. The second-order valence-electron chi connectivity index (χ2n) is 6.31. The van der Waals surface area contributed by atoms with Crippen molar-refractivity contribution in [3.63, 3.8) is 0 Å². The number of aromatic nitrogens is 2. The molecule has 0 aliphatic carbocycles. The van der Waals surface area contributed by atoms with E-state index < -0.39 is 17.6 Å². The maximum Gasteiger partial charge on any atom is 0.331 e. The largest absolute Gasteiger partial charge is 0.331 e. The number of aliphatic imine (C=N–C) groups is 1. The minimum absolute atomic E-state index is 0.252. The number of hydrogen-bond donors (Lipinski definition) is 1. The van der Waals surface area contributed by atoms with Crippen molar-refractivity contribution in [2.45, 2.75) is 12.8 Å². The normalized spacial score (nSPS) is 14.2.